The van der Waals surface area contributed by atoms with E-state index in [0.29, 0.717) is 48.5 Å². The van der Waals surface area contributed by atoms with E-state index in [4.69, 9.17) is 14.2 Å². The smallest absolute Gasteiger partial charge is 0.338 e. The molecule has 11 heteroatoms. The summed E-state index contributed by atoms with van der Waals surface area (Å²) in [6, 6.07) is 5.67. The SMILES string of the molecule is CCCCC(CCCC)CCOc1cc(OCCC(CCCC)CCCC)cc(C(=O)OCP(C)P(PP)P(P)P)c1. The number of rotatable bonds is 26. The van der Waals surface area contributed by atoms with E-state index >= 15 is 0 Å². The molecule has 0 saturated heterocycles. The highest BCUT2D eigenvalue weighted by molar-refractivity contribution is 9.01. The lowest BCUT2D eigenvalue weighted by molar-refractivity contribution is 0.0575. The molecule has 6 unspecified atom stereocenters. The molecule has 0 fully saturated rings. The molecule has 1 aromatic rings. The Balaban J connectivity index is 2.97. The number of unbranched alkanes of at least 4 members (excludes halogenated alkanes) is 4. The molecule has 1 rings (SSSR count). The highest BCUT2D eigenvalue weighted by atomic mass is 33.0. The van der Waals surface area contributed by atoms with Crippen LogP contribution in [0, 0.1) is 11.8 Å². The van der Waals surface area contributed by atoms with E-state index in [2.05, 4.69) is 61.1 Å². The maximum atomic E-state index is 13.2. The Morgan fingerprint density at radius 3 is 1.55 bits per heavy atom. The van der Waals surface area contributed by atoms with E-state index in [9.17, 15) is 4.79 Å². The minimum Gasteiger partial charge on any atom is -0.493 e. The maximum Gasteiger partial charge on any atom is 0.338 e. The first-order valence-electron chi connectivity index (χ1n) is 16.1. The molecule has 0 spiro atoms. The van der Waals surface area contributed by atoms with Gasteiger partial charge < -0.3 is 14.2 Å². The number of esters is 1. The van der Waals surface area contributed by atoms with Crippen LogP contribution in [0.2, 0.25) is 0 Å². The predicted octanol–water partition coefficient (Wildman–Crippen LogP) is 13.2. The van der Waals surface area contributed by atoms with E-state index in [1.54, 1.807) is 0 Å². The zero-order chi connectivity index (χ0) is 31.2. The Hall–Kier alpha value is 1.30. The van der Waals surface area contributed by atoms with Crippen LogP contribution in [-0.2, 0) is 4.74 Å². The van der Waals surface area contributed by atoms with Crippen molar-refractivity contribution in [2.24, 2.45) is 11.8 Å². The van der Waals surface area contributed by atoms with Gasteiger partial charge in [0.25, 0.3) is 0 Å². The standard InChI is InChI=1S/C31H61O4P7/c1-6-10-14-26(15-11-7-2)18-20-33-29-22-28(31(32)35-25-40(5)42(39-36)41(37)38)23-30(24-29)34-21-19-27(16-12-8-3)17-13-9-4/h22-24,26-27,39H,6-21,25,36-38H2,1-5H3. The minimum atomic E-state index is -0.339. The molecular formula is C31H61O4P7. The van der Waals surface area contributed by atoms with Gasteiger partial charge in [0.2, 0.25) is 0 Å². The molecule has 0 aliphatic rings. The fourth-order valence-electron chi connectivity index (χ4n) is 5.01. The van der Waals surface area contributed by atoms with Gasteiger partial charge in [-0.3, -0.25) is 0 Å². The molecule has 0 aliphatic heterocycles. The van der Waals surface area contributed by atoms with Crippen LogP contribution in [0.1, 0.15) is 128 Å². The molecular weight excluding hydrogens is 653 g/mol. The van der Waals surface area contributed by atoms with Crippen molar-refractivity contribution >= 4 is 62.3 Å². The monoisotopic (exact) mass is 714 g/mol. The van der Waals surface area contributed by atoms with Crippen LogP contribution in [0.5, 0.6) is 11.5 Å². The molecule has 0 bridgehead atoms. The topological polar surface area (TPSA) is 44.8 Å². The van der Waals surface area contributed by atoms with E-state index in [1.165, 1.54) is 77.0 Å². The van der Waals surface area contributed by atoms with Crippen molar-refractivity contribution in [3.8, 4) is 11.5 Å². The van der Waals surface area contributed by atoms with Gasteiger partial charge in [0, 0.05) is 6.07 Å². The average molecular weight is 715 g/mol. The summed E-state index contributed by atoms with van der Waals surface area (Å²) in [7, 11) is 9.35. The zero-order valence-corrected chi connectivity index (χ0v) is 34.3. The summed E-state index contributed by atoms with van der Waals surface area (Å²) >= 11 is 0. The Morgan fingerprint density at radius 2 is 1.19 bits per heavy atom. The van der Waals surface area contributed by atoms with Crippen molar-refractivity contribution in [1.29, 1.82) is 0 Å². The van der Waals surface area contributed by atoms with Crippen molar-refractivity contribution in [1.82, 2.24) is 0 Å². The van der Waals surface area contributed by atoms with Crippen molar-refractivity contribution in [2.75, 3.05) is 26.2 Å². The summed E-state index contributed by atoms with van der Waals surface area (Å²) < 4.78 is 18.5. The number of hydrogen-bond donors (Lipinski definition) is 0. The van der Waals surface area contributed by atoms with Crippen LogP contribution in [0.15, 0.2) is 18.2 Å². The van der Waals surface area contributed by atoms with E-state index in [0.717, 1.165) is 20.8 Å². The first-order valence-corrected chi connectivity index (χ1v) is 29.1. The highest BCUT2D eigenvalue weighted by Crippen LogP contribution is 2.99. The summed E-state index contributed by atoms with van der Waals surface area (Å²) in [6.07, 6.45) is 17.7. The molecule has 244 valence electrons. The number of hydrogen-bond acceptors (Lipinski definition) is 4. The molecule has 0 aromatic heterocycles. The molecule has 6 atom stereocenters. The molecule has 0 aliphatic carbocycles. The lowest BCUT2D eigenvalue weighted by Gasteiger charge is -2.26. The Morgan fingerprint density at radius 1 is 0.762 bits per heavy atom. The van der Waals surface area contributed by atoms with Crippen molar-refractivity contribution in [2.45, 2.75) is 118 Å². The largest absolute Gasteiger partial charge is 0.493 e. The zero-order valence-electron chi connectivity index (χ0n) is 27.1. The Bertz CT molecular complexity index is 770. The first kappa shape index (κ1) is 41.3. The van der Waals surface area contributed by atoms with Gasteiger partial charge in [-0.25, -0.2) is 4.79 Å². The molecule has 4 nitrogen and oxygen atoms in total. The van der Waals surface area contributed by atoms with Gasteiger partial charge in [0.05, 0.1) is 18.8 Å². The second-order valence-corrected chi connectivity index (χ2v) is 35.7. The quantitative estimate of drug-likeness (QED) is 0.0708. The van der Waals surface area contributed by atoms with Crippen molar-refractivity contribution in [3.05, 3.63) is 23.8 Å². The maximum absolute atomic E-state index is 13.2. The molecule has 0 N–H and O–H groups in total. The fourth-order valence-corrected chi connectivity index (χ4v) is 45.0. The molecule has 1 aromatic carbocycles. The molecule has 0 radical (unpaired) electrons. The van der Waals surface area contributed by atoms with Crippen LogP contribution in [-0.4, -0.2) is 32.2 Å². The van der Waals surface area contributed by atoms with Crippen molar-refractivity contribution in [3.63, 3.8) is 0 Å². The normalized spacial score (nSPS) is 13.4. The van der Waals surface area contributed by atoms with Crippen LogP contribution >= 0.6 is 56.3 Å². The molecule has 42 heavy (non-hydrogen) atoms. The third-order valence-corrected chi connectivity index (χ3v) is 43.6. The van der Waals surface area contributed by atoms with Crippen molar-refractivity contribution < 1.29 is 19.0 Å². The molecule has 0 heterocycles. The summed E-state index contributed by atoms with van der Waals surface area (Å²) in [6.45, 7) is 12.4. The Labute approximate surface area is 271 Å². The number of carbonyl (C=O) groups excluding carboxylic acids is 1. The third kappa shape index (κ3) is 18.4. The summed E-state index contributed by atoms with van der Waals surface area (Å²) in [4.78, 5) is 13.2. The van der Waals surface area contributed by atoms with Gasteiger partial charge in [-0.1, -0.05) is 113 Å². The average Bonchev–Trinajstić information content (AvgIpc) is 2.98. The second kappa shape index (κ2) is 26.4. The number of benzene rings is 1. The van der Waals surface area contributed by atoms with Gasteiger partial charge in [-0.05, 0) is 65.1 Å². The summed E-state index contributed by atoms with van der Waals surface area (Å²) in [5.41, 5.74) is 0.532. The highest BCUT2D eigenvalue weighted by Gasteiger charge is 2.21. The number of carbonyl (C=O) groups is 1. The van der Waals surface area contributed by atoms with Crippen LogP contribution in [0.3, 0.4) is 0 Å². The van der Waals surface area contributed by atoms with E-state index in [1.807, 2.05) is 18.2 Å². The van der Waals surface area contributed by atoms with Gasteiger partial charge in [-0.2, -0.15) is 0 Å². The van der Waals surface area contributed by atoms with Crippen LogP contribution in [0.25, 0.3) is 0 Å². The van der Waals surface area contributed by atoms with E-state index in [-0.39, 0.29) is 27.6 Å². The molecule has 0 saturated carbocycles. The van der Waals surface area contributed by atoms with Crippen LogP contribution in [0.4, 0.5) is 0 Å². The number of ether oxygens (including phenoxy) is 3. The summed E-state index contributed by atoms with van der Waals surface area (Å²) in [5, 5.41) is 0. The predicted molar refractivity (Wildman–Crippen MR) is 206 cm³/mol. The van der Waals surface area contributed by atoms with Gasteiger partial charge in [0.1, 0.15) is 17.8 Å². The van der Waals surface area contributed by atoms with E-state index < -0.39 is 0 Å². The Kier molecular flexibility index (Phi) is 26.0. The van der Waals surface area contributed by atoms with Crippen LogP contribution < -0.4 is 9.47 Å². The van der Waals surface area contributed by atoms with Gasteiger partial charge >= 0.3 is 5.97 Å². The lowest BCUT2D eigenvalue weighted by atomic mass is 9.93. The van der Waals surface area contributed by atoms with Gasteiger partial charge in [-0.15, -0.1) is 26.8 Å². The van der Waals surface area contributed by atoms with Gasteiger partial charge in [0.15, 0.2) is 0 Å². The lowest BCUT2D eigenvalue weighted by Crippen LogP contribution is -2.11. The first-order chi connectivity index (χ1) is 20.3. The third-order valence-electron chi connectivity index (χ3n) is 7.61. The fraction of sp³-hybridized carbons (Fsp3) is 0.774. The summed E-state index contributed by atoms with van der Waals surface area (Å²) in [5.74, 6) is 2.55. The minimum absolute atomic E-state index is 0.119. The second-order valence-electron chi connectivity index (χ2n) is 11.3. The molecule has 0 amide bonds.